The number of aromatic nitrogens is 2. The molecule has 0 spiro atoms. The second-order valence-corrected chi connectivity index (χ2v) is 9.57. The quantitative estimate of drug-likeness (QED) is 0.212. The summed E-state index contributed by atoms with van der Waals surface area (Å²) in [5.74, 6) is 2.32. The van der Waals surface area contributed by atoms with E-state index in [1.54, 1.807) is 13.0 Å². The summed E-state index contributed by atoms with van der Waals surface area (Å²) in [5.41, 5.74) is 6.69. The third kappa shape index (κ3) is 5.03. The Kier molecular flexibility index (Phi) is 6.39. The highest BCUT2D eigenvalue weighted by Crippen LogP contribution is 2.36. The first kappa shape index (κ1) is 24.2. The maximum absolute atomic E-state index is 7.67. The first-order valence-corrected chi connectivity index (χ1v) is 12.9. The van der Waals surface area contributed by atoms with Crippen LogP contribution in [-0.2, 0) is 0 Å². The van der Waals surface area contributed by atoms with E-state index in [1.807, 2.05) is 55.6 Å². The van der Waals surface area contributed by atoms with Gasteiger partial charge >= 0.3 is 0 Å². The minimum absolute atomic E-state index is 0.500. The zero-order chi connectivity index (χ0) is 26.8. The number of allylic oxidation sites excluding steroid dienone is 2. The summed E-state index contributed by atoms with van der Waals surface area (Å²) in [6.45, 7) is 3.70. The van der Waals surface area contributed by atoms with Crippen molar-refractivity contribution >= 4 is 33.2 Å². The van der Waals surface area contributed by atoms with E-state index in [1.165, 1.54) is 5.39 Å². The van der Waals surface area contributed by atoms with E-state index in [4.69, 9.17) is 15.1 Å². The molecule has 4 aromatic carbocycles. The molecule has 5 heteroatoms. The SMILES string of the molecule is CC(=N)/C=C(/C)Nc1cccc(Oc2ccc3c4ccccc4n(-c4cc(-c5ccccc5)ccn4)c3c2)c1. The molecule has 5 nitrogen and oxygen atoms in total. The molecular formula is C34H28N4O. The number of anilines is 1. The van der Waals surface area contributed by atoms with Crippen molar-refractivity contribution in [1.82, 2.24) is 9.55 Å². The van der Waals surface area contributed by atoms with Crippen LogP contribution in [-0.4, -0.2) is 15.3 Å². The number of ether oxygens (including phenoxy) is 1. The number of fused-ring (bicyclic) bond motifs is 3. The molecule has 0 fully saturated rings. The Bertz CT molecular complexity index is 1850. The Balaban J connectivity index is 1.41. The fourth-order valence-electron chi connectivity index (χ4n) is 4.97. The van der Waals surface area contributed by atoms with Gasteiger partial charge in [0.1, 0.15) is 17.3 Å². The van der Waals surface area contributed by atoms with Crippen LogP contribution in [0.1, 0.15) is 13.8 Å². The van der Waals surface area contributed by atoms with Crippen LogP contribution < -0.4 is 10.1 Å². The van der Waals surface area contributed by atoms with Gasteiger partial charge in [0.25, 0.3) is 0 Å². The number of hydrogen-bond acceptors (Lipinski definition) is 4. The summed E-state index contributed by atoms with van der Waals surface area (Å²) in [5, 5.41) is 13.3. The average Bonchev–Trinajstić information content (AvgIpc) is 3.27. The maximum Gasteiger partial charge on any atom is 0.138 e. The van der Waals surface area contributed by atoms with Gasteiger partial charge in [0.15, 0.2) is 0 Å². The highest BCUT2D eigenvalue weighted by atomic mass is 16.5. The fourth-order valence-corrected chi connectivity index (χ4v) is 4.97. The zero-order valence-corrected chi connectivity index (χ0v) is 21.8. The smallest absolute Gasteiger partial charge is 0.138 e. The number of rotatable bonds is 7. The lowest BCUT2D eigenvalue weighted by molar-refractivity contribution is 0.483. The number of nitrogens with one attached hydrogen (secondary N) is 2. The molecule has 0 aliphatic heterocycles. The molecule has 6 aromatic rings. The molecule has 6 rings (SSSR count). The molecule has 0 aliphatic rings. The highest BCUT2D eigenvalue weighted by molar-refractivity contribution is 6.09. The maximum atomic E-state index is 7.67. The first-order chi connectivity index (χ1) is 19.0. The molecule has 2 heterocycles. The molecule has 0 unspecified atom stereocenters. The van der Waals surface area contributed by atoms with Gasteiger partial charge in [-0.1, -0.05) is 54.6 Å². The molecule has 0 saturated heterocycles. The number of hydrogen-bond donors (Lipinski definition) is 2. The molecule has 0 saturated carbocycles. The monoisotopic (exact) mass is 508 g/mol. The van der Waals surface area contributed by atoms with Crippen LogP contribution >= 0.6 is 0 Å². The van der Waals surface area contributed by atoms with Gasteiger partial charge in [-0.2, -0.15) is 0 Å². The van der Waals surface area contributed by atoms with E-state index < -0.39 is 0 Å². The molecule has 0 bridgehead atoms. The number of nitrogens with zero attached hydrogens (tertiary/aromatic N) is 2. The fraction of sp³-hybridized carbons (Fsp3) is 0.0588. The molecule has 190 valence electrons. The van der Waals surface area contributed by atoms with Crippen molar-refractivity contribution in [3.8, 4) is 28.4 Å². The summed E-state index contributed by atoms with van der Waals surface area (Å²) in [4.78, 5) is 4.77. The second kappa shape index (κ2) is 10.3. The van der Waals surface area contributed by atoms with Crippen molar-refractivity contribution in [1.29, 1.82) is 5.41 Å². The van der Waals surface area contributed by atoms with Crippen molar-refractivity contribution in [3.05, 3.63) is 127 Å². The number of benzene rings is 4. The standard InChI is InChI=1S/C34H28N4O/c1-23(35)19-24(2)37-27-11-8-12-28(21-27)39-29-15-16-31-30-13-6-7-14-32(30)38(33(31)22-29)34-20-26(17-18-36-34)25-9-4-3-5-10-25/h3-22,35,37H,1-2H3/b24-19-,35-23?. The van der Waals surface area contributed by atoms with Gasteiger partial charge in [0.05, 0.1) is 11.0 Å². The lowest BCUT2D eigenvalue weighted by atomic mass is 10.1. The Morgan fingerprint density at radius 3 is 2.36 bits per heavy atom. The third-order valence-electron chi connectivity index (χ3n) is 6.57. The molecule has 2 aromatic heterocycles. The summed E-state index contributed by atoms with van der Waals surface area (Å²) in [6, 6.07) is 37.0. The Hall–Kier alpha value is -5.16. The van der Waals surface area contributed by atoms with Crippen LogP contribution in [0.15, 0.2) is 127 Å². The molecule has 2 N–H and O–H groups in total. The van der Waals surface area contributed by atoms with E-state index in [0.717, 1.165) is 56.2 Å². The number of pyridine rings is 1. The van der Waals surface area contributed by atoms with Gasteiger partial charge in [0.2, 0.25) is 0 Å². The normalized spacial score (nSPS) is 11.6. The van der Waals surface area contributed by atoms with Crippen LogP contribution in [0.3, 0.4) is 0 Å². The number of para-hydroxylation sites is 1. The summed E-state index contributed by atoms with van der Waals surface area (Å²) >= 11 is 0. The van der Waals surface area contributed by atoms with E-state index in [9.17, 15) is 0 Å². The predicted octanol–water partition coefficient (Wildman–Crippen LogP) is 8.99. The van der Waals surface area contributed by atoms with Crippen molar-refractivity contribution in [3.63, 3.8) is 0 Å². The largest absolute Gasteiger partial charge is 0.457 e. The van der Waals surface area contributed by atoms with Gasteiger partial charge in [-0.05, 0) is 73.5 Å². The molecule has 0 atom stereocenters. The van der Waals surface area contributed by atoms with Gasteiger partial charge < -0.3 is 15.5 Å². The minimum Gasteiger partial charge on any atom is -0.457 e. The minimum atomic E-state index is 0.500. The van der Waals surface area contributed by atoms with E-state index >= 15 is 0 Å². The van der Waals surface area contributed by atoms with Gasteiger partial charge in [-0.15, -0.1) is 0 Å². The molecule has 0 amide bonds. The van der Waals surface area contributed by atoms with Crippen LogP contribution in [0.2, 0.25) is 0 Å². The Morgan fingerprint density at radius 2 is 1.51 bits per heavy atom. The third-order valence-corrected chi connectivity index (χ3v) is 6.57. The lowest BCUT2D eigenvalue weighted by Crippen LogP contribution is -1.98. The van der Waals surface area contributed by atoms with Gasteiger partial charge in [-0.25, -0.2) is 4.98 Å². The zero-order valence-electron chi connectivity index (χ0n) is 21.8. The van der Waals surface area contributed by atoms with Crippen molar-refractivity contribution in [2.45, 2.75) is 13.8 Å². The Morgan fingerprint density at radius 1 is 0.744 bits per heavy atom. The van der Waals surface area contributed by atoms with Gasteiger partial charge in [-0.3, -0.25) is 4.57 Å². The second-order valence-electron chi connectivity index (χ2n) is 9.57. The summed E-state index contributed by atoms with van der Waals surface area (Å²) in [6.07, 6.45) is 3.66. The highest BCUT2D eigenvalue weighted by Gasteiger charge is 2.15. The van der Waals surface area contributed by atoms with Crippen molar-refractivity contribution in [2.24, 2.45) is 0 Å². The van der Waals surface area contributed by atoms with E-state index in [2.05, 4.69) is 76.6 Å². The molecule has 0 aliphatic carbocycles. The van der Waals surface area contributed by atoms with Crippen LogP contribution in [0.5, 0.6) is 11.5 Å². The Labute approximate surface area is 227 Å². The lowest BCUT2D eigenvalue weighted by Gasteiger charge is -2.12. The summed E-state index contributed by atoms with van der Waals surface area (Å²) in [7, 11) is 0. The molecular weight excluding hydrogens is 480 g/mol. The first-order valence-electron chi connectivity index (χ1n) is 12.9. The van der Waals surface area contributed by atoms with E-state index in [-0.39, 0.29) is 0 Å². The van der Waals surface area contributed by atoms with Crippen LogP contribution in [0.25, 0.3) is 38.8 Å². The van der Waals surface area contributed by atoms with Gasteiger partial charge in [0, 0.05) is 46.2 Å². The average molecular weight is 509 g/mol. The summed E-state index contributed by atoms with van der Waals surface area (Å²) < 4.78 is 8.54. The van der Waals surface area contributed by atoms with Crippen molar-refractivity contribution < 1.29 is 4.74 Å². The molecule has 0 radical (unpaired) electrons. The van der Waals surface area contributed by atoms with Crippen LogP contribution in [0, 0.1) is 5.41 Å². The van der Waals surface area contributed by atoms with E-state index in [0.29, 0.717) is 5.71 Å². The molecule has 39 heavy (non-hydrogen) atoms. The van der Waals surface area contributed by atoms with Crippen LogP contribution in [0.4, 0.5) is 5.69 Å². The topological polar surface area (TPSA) is 62.9 Å². The van der Waals surface area contributed by atoms with Crippen molar-refractivity contribution in [2.75, 3.05) is 5.32 Å². The predicted molar refractivity (Wildman–Crippen MR) is 161 cm³/mol.